The first-order valence-electron chi connectivity index (χ1n) is 5.85. The number of aliphatic hydroxyl groups excluding tert-OH is 1. The third-order valence-electron chi connectivity index (χ3n) is 2.42. The Hall–Kier alpha value is -2.47. The molecular formula is C14H15NO5. The minimum absolute atomic E-state index is 0.645. The summed E-state index contributed by atoms with van der Waals surface area (Å²) in [6.07, 6.45) is 2.57. The number of methoxy groups -OCH3 is 1. The van der Waals surface area contributed by atoms with Crippen molar-refractivity contribution in [2.45, 2.75) is 6.04 Å². The smallest absolute Gasteiger partial charge is 0.330 e. The SMILES string of the molecule is COC(=O)[C@H](CO)NC(=O)C(=O)/C=C/c1ccccc1. The zero-order chi connectivity index (χ0) is 15.0. The summed E-state index contributed by atoms with van der Waals surface area (Å²) >= 11 is 0. The Morgan fingerprint density at radius 1 is 1.30 bits per heavy atom. The molecule has 0 saturated carbocycles. The molecule has 2 N–H and O–H groups in total. The Kier molecular flexibility index (Phi) is 6.12. The summed E-state index contributed by atoms with van der Waals surface area (Å²) in [6.45, 7) is -0.645. The molecule has 1 rings (SSSR count). The normalized spacial score (nSPS) is 11.9. The second kappa shape index (κ2) is 7.85. The van der Waals surface area contributed by atoms with Gasteiger partial charge in [0, 0.05) is 0 Å². The van der Waals surface area contributed by atoms with Crippen LogP contribution in [0.3, 0.4) is 0 Å². The molecule has 0 aromatic heterocycles. The van der Waals surface area contributed by atoms with Crippen LogP contribution in [-0.2, 0) is 19.1 Å². The monoisotopic (exact) mass is 277 g/mol. The Labute approximate surface area is 116 Å². The lowest BCUT2D eigenvalue weighted by molar-refractivity contribution is -0.147. The number of esters is 1. The van der Waals surface area contributed by atoms with Gasteiger partial charge in [0.1, 0.15) is 0 Å². The molecule has 6 nitrogen and oxygen atoms in total. The van der Waals surface area contributed by atoms with Crippen LogP contribution in [0.2, 0.25) is 0 Å². The number of hydrogen-bond donors (Lipinski definition) is 2. The summed E-state index contributed by atoms with van der Waals surface area (Å²) in [6, 6.07) is 7.71. The molecule has 0 spiro atoms. The highest BCUT2D eigenvalue weighted by Crippen LogP contribution is 2.01. The maximum absolute atomic E-state index is 11.5. The van der Waals surface area contributed by atoms with Crippen molar-refractivity contribution in [1.29, 1.82) is 0 Å². The summed E-state index contributed by atoms with van der Waals surface area (Å²) < 4.78 is 4.37. The summed E-state index contributed by atoms with van der Waals surface area (Å²) in [5.41, 5.74) is 0.764. The number of ketones is 1. The summed E-state index contributed by atoms with van der Waals surface area (Å²) in [7, 11) is 1.12. The predicted octanol–water partition coefficient (Wildman–Crippen LogP) is -0.0810. The van der Waals surface area contributed by atoms with Crippen molar-refractivity contribution in [3.05, 3.63) is 42.0 Å². The number of ether oxygens (including phenoxy) is 1. The molecule has 106 valence electrons. The van der Waals surface area contributed by atoms with Gasteiger partial charge in [-0.3, -0.25) is 9.59 Å². The van der Waals surface area contributed by atoms with Crippen molar-refractivity contribution in [1.82, 2.24) is 5.32 Å². The molecule has 0 heterocycles. The van der Waals surface area contributed by atoms with Gasteiger partial charge >= 0.3 is 5.97 Å². The highest BCUT2D eigenvalue weighted by molar-refractivity contribution is 6.41. The molecule has 0 unspecified atom stereocenters. The summed E-state index contributed by atoms with van der Waals surface area (Å²) in [5, 5.41) is 11.0. The van der Waals surface area contributed by atoms with Crippen molar-refractivity contribution >= 4 is 23.7 Å². The van der Waals surface area contributed by atoms with Gasteiger partial charge in [0.15, 0.2) is 6.04 Å². The minimum Gasteiger partial charge on any atom is -0.467 e. The Balaban J connectivity index is 2.61. The zero-order valence-electron chi connectivity index (χ0n) is 10.9. The summed E-state index contributed by atoms with van der Waals surface area (Å²) in [4.78, 5) is 34.2. The fourth-order valence-corrected chi connectivity index (χ4v) is 1.36. The van der Waals surface area contributed by atoms with E-state index in [0.717, 1.165) is 18.7 Å². The van der Waals surface area contributed by atoms with E-state index < -0.39 is 30.3 Å². The highest BCUT2D eigenvalue weighted by atomic mass is 16.5. The molecule has 6 heteroatoms. The maximum atomic E-state index is 11.5. The molecule has 20 heavy (non-hydrogen) atoms. The van der Waals surface area contributed by atoms with E-state index in [4.69, 9.17) is 5.11 Å². The van der Waals surface area contributed by atoms with Crippen LogP contribution in [0.4, 0.5) is 0 Å². The van der Waals surface area contributed by atoms with Crippen molar-refractivity contribution in [2.75, 3.05) is 13.7 Å². The maximum Gasteiger partial charge on any atom is 0.330 e. The predicted molar refractivity (Wildman–Crippen MR) is 71.5 cm³/mol. The van der Waals surface area contributed by atoms with Crippen LogP contribution in [0.25, 0.3) is 6.08 Å². The Bertz CT molecular complexity index is 510. The molecule has 0 aliphatic carbocycles. The van der Waals surface area contributed by atoms with Gasteiger partial charge in [-0.2, -0.15) is 0 Å². The first-order chi connectivity index (χ1) is 9.58. The molecule has 0 radical (unpaired) electrons. The Morgan fingerprint density at radius 2 is 1.95 bits per heavy atom. The number of carbonyl (C=O) groups excluding carboxylic acids is 3. The summed E-state index contributed by atoms with van der Waals surface area (Å²) in [5.74, 6) is -2.63. The van der Waals surface area contributed by atoms with E-state index in [1.54, 1.807) is 24.3 Å². The highest BCUT2D eigenvalue weighted by Gasteiger charge is 2.22. The van der Waals surface area contributed by atoms with Crippen molar-refractivity contribution in [2.24, 2.45) is 0 Å². The second-order valence-electron chi connectivity index (χ2n) is 3.84. The lowest BCUT2D eigenvalue weighted by atomic mass is 10.2. The molecule has 0 aliphatic heterocycles. The number of carbonyl (C=O) groups is 3. The van der Waals surface area contributed by atoms with Crippen molar-refractivity contribution < 1.29 is 24.2 Å². The number of benzene rings is 1. The van der Waals surface area contributed by atoms with E-state index in [1.807, 2.05) is 6.07 Å². The standard InChI is InChI=1S/C14H15NO5/c1-20-14(19)11(9-16)15-13(18)12(17)8-7-10-5-3-2-4-6-10/h2-8,11,16H,9H2,1H3,(H,15,18)/b8-7+/t11-/m0/s1. The van der Waals surface area contributed by atoms with Gasteiger partial charge in [-0.05, 0) is 11.6 Å². The number of hydrogen-bond acceptors (Lipinski definition) is 5. The van der Waals surface area contributed by atoms with Crippen LogP contribution in [0, 0.1) is 0 Å². The molecule has 0 aliphatic rings. The third kappa shape index (κ3) is 4.66. The van der Waals surface area contributed by atoms with Gasteiger partial charge < -0.3 is 15.2 Å². The van der Waals surface area contributed by atoms with Gasteiger partial charge in [-0.15, -0.1) is 0 Å². The zero-order valence-corrected chi connectivity index (χ0v) is 10.9. The quantitative estimate of drug-likeness (QED) is 0.431. The largest absolute Gasteiger partial charge is 0.467 e. The molecule has 0 fully saturated rings. The molecule has 1 aromatic rings. The molecule has 0 bridgehead atoms. The van der Waals surface area contributed by atoms with E-state index in [0.29, 0.717) is 0 Å². The second-order valence-corrected chi connectivity index (χ2v) is 3.84. The first-order valence-corrected chi connectivity index (χ1v) is 5.85. The van der Waals surface area contributed by atoms with Gasteiger partial charge in [-0.1, -0.05) is 36.4 Å². The fourth-order valence-electron chi connectivity index (χ4n) is 1.36. The average molecular weight is 277 g/mol. The molecule has 1 amide bonds. The van der Waals surface area contributed by atoms with Crippen LogP contribution in [0.15, 0.2) is 36.4 Å². The molecular weight excluding hydrogens is 262 g/mol. The van der Waals surface area contributed by atoms with E-state index >= 15 is 0 Å². The fraction of sp³-hybridized carbons (Fsp3) is 0.214. The van der Waals surface area contributed by atoms with Crippen LogP contribution in [0.1, 0.15) is 5.56 Å². The van der Waals surface area contributed by atoms with Gasteiger partial charge in [0.2, 0.25) is 5.78 Å². The number of rotatable bonds is 6. The van der Waals surface area contributed by atoms with Crippen LogP contribution in [0.5, 0.6) is 0 Å². The number of aliphatic hydroxyl groups is 1. The third-order valence-corrected chi connectivity index (χ3v) is 2.42. The van der Waals surface area contributed by atoms with Gasteiger partial charge in [-0.25, -0.2) is 4.79 Å². The van der Waals surface area contributed by atoms with E-state index in [-0.39, 0.29) is 0 Å². The molecule has 0 saturated heterocycles. The first kappa shape index (κ1) is 15.6. The van der Waals surface area contributed by atoms with Crippen molar-refractivity contribution in [3.63, 3.8) is 0 Å². The lowest BCUT2D eigenvalue weighted by Crippen LogP contribution is -2.46. The lowest BCUT2D eigenvalue weighted by Gasteiger charge is -2.12. The number of nitrogens with one attached hydrogen (secondary N) is 1. The van der Waals surface area contributed by atoms with E-state index in [2.05, 4.69) is 10.1 Å². The van der Waals surface area contributed by atoms with Crippen LogP contribution in [-0.4, -0.2) is 42.5 Å². The van der Waals surface area contributed by atoms with Crippen LogP contribution < -0.4 is 5.32 Å². The topological polar surface area (TPSA) is 92.7 Å². The van der Waals surface area contributed by atoms with Crippen LogP contribution >= 0.6 is 0 Å². The van der Waals surface area contributed by atoms with Gasteiger partial charge in [0.25, 0.3) is 5.91 Å². The minimum atomic E-state index is -1.25. The van der Waals surface area contributed by atoms with E-state index in [1.165, 1.54) is 6.08 Å². The van der Waals surface area contributed by atoms with E-state index in [9.17, 15) is 14.4 Å². The average Bonchev–Trinajstić information content (AvgIpc) is 2.50. The Morgan fingerprint density at radius 3 is 2.50 bits per heavy atom. The molecule has 1 aromatic carbocycles. The number of amides is 1. The molecule has 1 atom stereocenters. The van der Waals surface area contributed by atoms with Crippen molar-refractivity contribution in [3.8, 4) is 0 Å². The van der Waals surface area contributed by atoms with Gasteiger partial charge in [0.05, 0.1) is 13.7 Å².